The van der Waals surface area contributed by atoms with Crippen molar-refractivity contribution >= 4 is 5.91 Å². The maximum atomic E-state index is 12.1. The van der Waals surface area contributed by atoms with E-state index in [-0.39, 0.29) is 5.91 Å². The number of hydrogen-bond donors (Lipinski definition) is 1. The Hall–Kier alpha value is -2.95. The van der Waals surface area contributed by atoms with E-state index in [0.717, 1.165) is 28.3 Å². The summed E-state index contributed by atoms with van der Waals surface area (Å²) in [7, 11) is 0. The number of carbonyl (C=O) groups is 1. The molecule has 3 aromatic rings. The number of aryl methyl sites for hydroxylation is 1. The van der Waals surface area contributed by atoms with Gasteiger partial charge in [0.1, 0.15) is 0 Å². The fraction of sp³-hybridized carbons (Fsp3) is 0.250. The Morgan fingerprint density at radius 2 is 1.84 bits per heavy atom. The van der Waals surface area contributed by atoms with Crippen LogP contribution in [0.1, 0.15) is 29.1 Å². The molecule has 0 fully saturated rings. The highest BCUT2D eigenvalue weighted by Gasteiger charge is 2.14. The van der Waals surface area contributed by atoms with Crippen molar-refractivity contribution in [2.24, 2.45) is 0 Å². The Labute approximate surface area is 147 Å². The summed E-state index contributed by atoms with van der Waals surface area (Å²) < 4.78 is 1.94. The molecule has 2 aromatic heterocycles. The number of benzene rings is 1. The second kappa shape index (κ2) is 7.75. The maximum Gasteiger partial charge on any atom is 0.220 e. The molecule has 0 saturated carbocycles. The molecule has 0 aliphatic carbocycles. The van der Waals surface area contributed by atoms with Gasteiger partial charge >= 0.3 is 0 Å². The molecule has 5 heteroatoms. The molecular formula is C20H22N4O. The first-order chi connectivity index (χ1) is 12.1. The lowest BCUT2D eigenvalue weighted by Gasteiger charge is -2.06. The van der Waals surface area contributed by atoms with Gasteiger partial charge in [0.25, 0.3) is 0 Å². The number of aromatic nitrogens is 3. The van der Waals surface area contributed by atoms with E-state index >= 15 is 0 Å². The number of para-hydroxylation sites is 1. The summed E-state index contributed by atoms with van der Waals surface area (Å²) in [5.41, 5.74) is 5.09. The average Bonchev–Trinajstić information content (AvgIpc) is 2.94. The van der Waals surface area contributed by atoms with E-state index in [2.05, 4.69) is 15.4 Å². The van der Waals surface area contributed by atoms with Gasteiger partial charge in [-0.05, 0) is 50.1 Å². The van der Waals surface area contributed by atoms with Crippen molar-refractivity contribution in [3.8, 4) is 5.69 Å². The molecule has 0 aliphatic rings. The molecule has 0 bridgehead atoms. The zero-order valence-electron chi connectivity index (χ0n) is 14.6. The van der Waals surface area contributed by atoms with Crippen LogP contribution in [0.4, 0.5) is 0 Å². The molecule has 0 unspecified atom stereocenters. The summed E-state index contributed by atoms with van der Waals surface area (Å²) in [6.07, 6.45) is 2.85. The molecule has 0 spiro atoms. The van der Waals surface area contributed by atoms with Crippen LogP contribution in [0.2, 0.25) is 0 Å². The van der Waals surface area contributed by atoms with Crippen LogP contribution < -0.4 is 5.32 Å². The standard InChI is InChI=1S/C20H22N4O/c1-15-19(16(2)24(23-15)18-9-4-3-5-10-18)11-12-20(25)22-14-17-8-6-7-13-21-17/h3-10,13H,11-12,14H2,1-2H3,(H,22,25). The third-order valence-corrected chi connectivity index (χ3v) is 4.24. The van der Waals surface area contributed by atoms with Gasteiger partial charge in [0.05, 0.1) is 23.6 Å². The largest absolute Gasteiger partial charge is 0.350 e. The van der Waals surface area contributed by atoms with E-state index in [1.165, 1.54) is 0 Å². The first-order valence-corrected chi connectivity index (χ1v) is 8.42. The van der Waals surface area contributed by atoms with Crippen molar-refractivity contribution in [1.29, 1.82) is 0 Å². The third kappa shape index (κ3) is 4.12. The predicted molar refractivity (Wildman–Crippen MR) is 97.4 cm³/mol. The molecule has 1 N–H and O–H groups in total. The van der Waals surface area contributed by atoms with Crippen molar-refractivity contribution in [3.05, 3.63) is 77.4 Å². The molecule has 0 radical (unpaired) electrons. The number of nitrogens with one attached hydrogen (secondary N) is 1. The second-order valence-electron chi connectivity index (χ2n) is 5.99. The molecular weight excluding hydrogens is 312 g/mol. The number of rotatable bonds is 6. The van der Waals surface area contributed by atoms with Gasteiger partial charge in [0.15, 0.2) is 0 Å². The number of nitrogens with zero attached hydrogens (tertiary/aromatic N) is 3. The lowest BCUT2D eigenvalue weighted by Crippen LogP contribution is -2.23. The molecule has 0 atom stereocenters. The van der Waals surface area contributed by atoms with Gasteiger partial charge < -0.3 is 5.32 Å². The first-order valence-electron chi connectivity index (χ1n) is 8.42. The van der Waals surface area contributed by atoms with Crippen molar-refractivity contribution in [3.63, 3.8) is 0 Å². The average molecular weight is 334 g/mol. The smallest absolute Gasteiger partial charge is 0.220 e. The molecule has 2 heterocycles. The minimum absolute atomic E-state index is 0.0249. The monoisotopic (exact) mass is 334 g/mol. The molecule has 128 valence electrons. The van der Waals surface area contributed by atoms with Crippen molar-refractivity contribution in [2.75, 3.05) is 0 Å². The van der Waals surface area contributed by atoms with Gasteiger partial charge in [-0.25, -0.2) is 4.68 Å². The van der Waals surface area contributed by atoms with E-state index in [0.29, 0.717) is 19.4 Å². The molecule has 5 nitrogen and oxygen atoms in total. The quantitative estimate of drug-likeness (QED) is 0.753. The Bertz CT molecular complexity index is 841. The molecule has 1 aromatic carbocycles. The van der Waals surface area contributed by atoms with Gasteiger partial charge in [0.2, 0.25) is 5.91 Å². The van der Waals surface area contributed by atoms with Crippen molar-refractivity contribution < 1.29 is 4.79 Å². The van der Waals surface area contributed by atoms with E-state index < -0.39 is 0 Å². The highest BCUT2D eigenvalue weighted by molar-refractivity contribution is 5.76. The van der Waals surface area contributed by atoms with E-state index in [9.17, 15) is 4.79 Å². The minimum Gasteiger partial charge on any atom is -0.350 e. The maximum absolute atomic E-state index is 12.1. The number of carbonyl (C=O) groups excluding carboxylic acids is 1. The van der Waals surface area contributed by atoms with Crippen LogP contribution in [0.25, 0.3) is 5.69 Å². The highest BCUT2D eigenvalue weighted by Crippen LogP contribution is 2.19. The summed E-state index contributed by atoms with van der Waals surface area (Å²) in [6.45, 7) is 4.50. The summed E-state index contributed by atoms with van der Waals surface area (Å²) >= 11 is 0. The van der Waals surface area contributed by atoms with Crippen LogP contribution in [-0.2, 0) is 17.8 Å². The van der Waals surface area contributed by atoms with E-state index in [4.69, 9.17) is 0 Å². The van der Waals surface area contributed by atoms with Gasteiger partial charge in [0, 0.05) is 18.3 Å². The fourth-order valence-corrected chi connectivity index (χ4v) is 2.88. The molecule has 0 aliphatic heterocycles. The van der Waals surface area contributed by atoms with Crippen LogP contribution >= 0.6 is 0 Å². The normalized spacial score (nSPS) is 10.6. The number of amides is 1. The van der Waals surface area contributed by atoms with E-state index in [1.54, 1.807) is 6.20 Å². The Kier molecular flexibility index (Phi) is 5.23. The Morgan fingerprint density at radius 1 is 1.08 bits per heavy atom. The molecule has 3 rings (SSSR count). The topological polar surface area (TPSA) is 59.8 Å². The predicted octanol–water partition coefficient (Wildman–Crippen LogP) is 3.13. The summed E-state index contributed by atoms with van der Waals surface area (Å²) in [5.74, 6) is 0.0249. The number of pyridine rings is 1. The van der Waals surface area contributed by atoms with Gasteiger partial charge in [-0.3, -0.25) is 9.78 Å². The zero-order valence-corrected chi connectivity index (χ0v) is 14.6. The Morgan fingerprint density at radius 3 is 2.56 bits per heavy atom. The van der Waals surface area contributed by atoms with Gasteiger partial charge in [-0.2, -0.15) is 5.10 Å². The molecule has 0 saturated heterocycles. The molecule has 25 heavy (non-hydrogen) atoms. The minimum atomic E-state index is 0.0249. The highest BCUT2D eigenvalue weighted by atomic mass is 16.1. The van der Waals surface area contributed by atoms with Crippen LogP contribution in [0.15, 0.2) is 54.7 Å². The summed E-state index contributed by atoms with van der Waals surface area (Å²) in [4.78, 5) is 16.3. The van der Waals surface area contributed by atoms with E-state index in [1.807, 2.05) is 67.1 Å². The van der Waals surface area contributed by atoms with Gasteiger partial charge in [-0.15, -0.1) is 0 Å². The Balaban J connectivity index is 1.61. The lowest BCUT2D eigenvalue weighted by molar-refractivity contribution is -0.121. The zero-order chi connectivity index (χ0) is 17.6. The molecule has 1 amide bonds. The number of hydrogen-bond acceptors (Lipinski definition) is 3. The SMILES string of the molecule is Cc1nn(-c2ccccc2)c(C)c1CCC(=O)NCc1ccccn1. The fourth-order valence-electron chi connectivity index (χ4n) is 2.88. The van der Waals surface area contributed by atoms with Crippen molar-refractivity contribution in [1.82, 2.24) is 20.1 Å². The second-order valence-corrected chi connectivity index (χ2v) is 5.99. The first kappa shape index (κ1) is 16.9. The van der Waals surface area contributed by atoms with Crippen LogP contribution in [0.5, 0.6) is 0 Å². The summed E-state index contributed by atoms with van der Waals surface area (Å²) in [6, 6.07) is 15.7. The summed E-state index contributed by atoms with van der Waals surface area (Å²) in [5, 5.41) is 7.54. The lowest BCUT2D eigenvalue weighted by atomic mass is 10.1. The van der Waals surface area contributed by atoms with Crippen LogP contribution in [0, 0.1) is 13.8 Å². The van der Waals surface area contributed by atoms with Crippen molar-refractivity contribution in [2.45, 2.75) is 33.2 Å². The van der Waals surface area contributed by atoms with Crippen LogP contribution in [-0.4, -0.2) is 20.7 Å². The van der Waals surface area contributed by atoms with Gasteiger partial charge in [-0.1, -0.05) is 24.3 Å². The van der Waals surface area contributed by atoms with Crippen LogP contribution in [0.3, 0.4) is 0 Å². The third-order valence-electron chi connectivity index (χ3n) is 4.24.